The number of nitrogens with zero attached hydrogens (tertiary/aromatic N) is 7. The van der Waals surface area contributed by atoms with Crippen molar-refractivity contribution in [2.45, 2.75) is 51.6 Å². The van der Waals surface area contributed by atoms with E-state index in [0.717, 1.165) is 37.6 Å². The maximum absolute atomic E-state index is 4.59. The second kappa shape index (κ2) is 9.30. The maximum Gasteiger partial charge on any atom is 0.104 e. The summed E-state index contributed by atoms with van der Waals surface area (Å²) in [4.78, 5) is 4.59. The highest BCUT2D eigenvalue weighted by atomic mass is 15.5. The normalized spacial score (nSPS) is 19.5. The van der Waals surface area contributed by atoms with E-state index in [-0.39, 0.29) is 0 Å². The first-order valence-electron chi connectivity index (χ1n) is 9.10. The van der Waals surface area contributed by atoms with Crippen LogP contribution in [0.5, 0.6) is 0 Å². The molecule has 2 aliphatic heterocycles. The van der Waals surface area contributed by atoms with E-state index in [9.17, 15) is 0 Å². The zero-order valence-corrected chi connectivity index (χ0v) is 14.3. The molecule has 7 heteroatoms. The Hall–Kier alpha value is -2.05. The van der Waals surface area contributed by atoms with Crippen LogP contribution in [0, 0.1) is 0 Å². The summed E-state index contributed by atoms with van der Waals surface area (Å²) in [6.45, 7) is 5.13. The van der Waals surface area contributed by atoms with Gasteiger partial charge in [0.15, 0.2) is 0 Å². The largest absolute Gasteiger partial charge is 0.279 e. The summed E-state index contributed by atoms with van der Waals surface area (Å²) < 4.78 is 0. The van der Waals surface area contributed by atoms with Gasteiger partial charge in [-0.2, -0.15) is 10.2 Å². The average molecular weight is 329 g/mol. The minimum atomic E-state index is 0.521. The zero-order chi connectivity index (χ0) is 16.5. The van der Waals surface area contributed by atoms with Gasteiger partial charge in [0.2, 0.25) is 0 Å². The highest BCUT2D eigenvalue weighted by Crippen LogP contribution is 2.11. The quantitative estimate of drug-likeness (QED) is 0.746. The van der Waals surface area contributed by atoms with E-state index in [4.69, 9.17) is 0 Å². The van der Waals surface area contributed by atoms with E-state index in [1.807, 2.05) is 18.2 Å². The lowest BCUT2D eigenvalue weighted by Crippen LogP contribution is -2.23. The molecule has 0 unspecified atom stereocenters. The Morgan fingerprint density at radius 1 is 0.708 bits per heavy atom. The van der Waals surface area contributed by atoms with Crippen LogP contribution < -0.4 is 0 Å². The van der Waals surface area contributed by atoms with E-state index in [0.29, 0.717) is 13.1 Å². The molecule has 0 atom stereocenters. The van der Waals surface area contributed by atoms with E-state index in [1.165, 1.54) is 38.5 Å². The molecular weight excluding hydrogens is 302 g/mol. The van der Waals surface area contributed by atoms with Crippen molar-refractivity contribution in [2.24, 2.45) is 20.7 Å². The van der Waals surface area contributed by atoms with E-state index in [2.05, 4.69) is 35.7 Å². The summed E-state index contributed by atoms with van der Waals surface area (Å²) in [5.74, 6) is 0. The van der Waals surface area contributed by atoms with Crippen LogP contribution in [0.15, 0.2) is 38.9 Å². The molecular formula is C17H27N7. The fourth-order valence-electron chi connectivity index (χ4n) is 3.03. The number of rotatable bonds is 6. The third-order valence-corrected chi connectivity index (χ3v) is 4.37. The molecule has 1 aromatic rings. The van der Waals surface area contributed by atoms with Crippen LogP contribution in [-0.4, -0.2) is 41.2 Å². The molecule has 0 aliphatic carbocycles. The number of hydrogen-bond acceptors (Lipinski definition) is 5. The third kappa shape index (κ3) is 5.54. The highest BCUT2D eigenvalue weighted by Gasteiger charge is 2.08. The van der Waals surface area contributed by atoms with Gasteiger partial charge < -0.3 is 0 Å². The average Bonchev–Trinajstić information content (AvgIpc) is 2.64. The maximum atomic E-state index is 4.59. The molecule has 0 bridgehead atoms. The van der Waals surface area contributed by atoms with Gasteiger partial charge in [0, 0.05) is 26.2 Å². The lowest BCUT2D eigenvalue weighted by Gasteiger charge is -2.21. The van der Waals surface area contributed by atoms with Crippen LogP contribution in [-0.2, 0) is 13.1 Å². The Labute approximate surface area is 143 Å². The van der Waals surface area contributed by atoms with Crippen LogP contribution in [0.3, 0.4) is 0 Å². The lowest BCUT2D eigenvalue weighted by molar-refractivity contribution is 0.220. The van der Waals surface area contributed by atoms with Crippen molar-refractivity contribution in [3.8, 4) is 0 Å². The molecule has 3 rings (SSSR count). The Kier molecular flexibility index (Phi) is 6.51. The number of aromatic nitrogens is 1. The summed E-state index contributed by atoms with van der Waals surface area (Å²) in [6, 6.07) is 5.98. The molecule has 130 valence electrons. The summed E-state index contributed by atoms with van der Waals surface area (Å²) in [7, 11) is 0. The molecule has 0 saturated carbocycles. The van der Waals surface area contributed by atoms with Gasteiger partial charge in [-0.25, -0.2) is 0 Å². The van der Waals surface area contributed by atoms with Crippen molar-refractivity contribution in [3.05, 3.63) is 29.6 Å². The first-order valence-corrected chi connectivity index (χ1v) is 9.10. The summed E-state index contributed by atoms with van der Waals surface area (Å²) in [6.07, 6.45) is 7.48. The fourth-order valence-corrected chi connectivity index (χ4v) is 3.03. The zero-order valence-electron chi connectivity index (χ0n) is 14.3. The fraction of sp³-hybridized carbons (Fsp3) is 0.706. The SMILES string of the molecule is c1cc(CN=NN2CCCCC2)nc(CN=NN2CCCCC2)c1. The second-order valence-corrected chi connectivity index (χ2v) is 6.43. The Morgan fingerprint density at radius 3 is 1.62 bits per heavy atom. The highest BCUT2D eigenvalue weighted by molar-refractivity contribution is 5.11. The van der Waals surface area contributed by atoms with E-state index in [1.54, 1.807) is 0 Å². The topological polar surface area (TPSA) is 68.8 Å². The van der Waals surface area contributed by atoms with Crippen molar-refractivity contribution in [2.75, 3.05) is 26.2 Å². The predicted octanol–water partition coefficient (Wildman–Crippen LogP) is 3.79. The van der Waals surface area contributed by atoms with Crippen molar-refractivity contribution in [3.63, 3.8) is 0 Å². The van der Waals surface area contributed by atoms with Gasteiger partial charge in [-0.1, -0.05) is 16.5 Å². The molecule has 0 radical (unpaired) electrons. The van der Waals surface area contributed by atoms with Gasteiger partial charge in [-0.15, -0.1) is 0 Å². The second-order valence-electron chi connectivity index (χ2n) is 6.43. The lowest BCUT2D eigenvalue weighted by atomic mass is 10.2. The van der Waals surface area contributed by atoms with Gasteiger partial charge >= 0.3 is 0 Å². The molecule has 2 aliphatic rings. The van der Waals surface area contributed by atoms with Gasteiger partial charge in [-0.05, 0) is 50.7 Å². The first kappa shape index (κ1) is 16.8. The molecule has 2 fully saturated rings. The van der Waals surface area contributed by atoms with Crippen LogP contribution in [0.2, 0.25) is 0 Å². The minimum absolute atomic E-state index is 0.521. The molecule has 7 nitrogen and oxygen atoms in total. The third-order valence-electron chi connectivity index (χ3n) is 4.37. The van der Waals surface area contributed by atoms with Gasteiger partial charge in [0.1, 0.15) is 13.1 Å². The van der Waals surface area contributed by atoms with Gasteiger partial charge in [0.05, 0.1) is 11.4 Å². The number of hydrogen-bond donors (Lipinski definition) is 0. The molecule has 0 amide bonds. The van der Waals surface area contributed by atoms with Gasteiger partial charge in [-0.3, -0.25) is 15.0 Å². The summed E-state index contributed by atoms with van der Waals surface area (Å²) in [5.41, 5.74) is 1.86. The molecule has 24 heavy (non-hydrogen) atoms. The summed E-state index contributed by atoms with van der Waals surface area (Å²) in [5, 5.41) is 21.3. The van der Waals surface area contributed by atoms with E-state index >= 15 is 0 Å². The monoisotopic (exact) mass is 329 g/mol. The minimum Gasteiger partial charge on any atom is -0.279 e. The van der Waals surface area contributed by atoms with Crippen molar-refractivity contribution < 1.29 is 0 Å². The Morgan fingerprint density at radius 2 is 1.17 bits per heavy atom. The molecule has 2 saturated heterocycles. The first-order chi connectivity index (χ1) is 11.9. The van der Waals surface area contributed by atoms with Crippen LogP contribution in [0.1, 0.15) is 49.9 Å². The smallest absolute Gasteiger partial charge is 0.104 e. The standard InChI is InChI=1S/C17H27N7/c1-3-10-23(11-4-1)21-18-14-16-8-7-9-17(20-16)15-19-22-24-12-5-2-6-13-24/h7-9H,1-6,10-15H2. The molecule has 3 heterocycles. The van der Waals surface area contributed by atoms with Crippen LogP contribution >= 0.6 is 0 Å². The van der Waals surface area contributed by atoms with Crippen LogP contribution in [0.25, 0.3) is 0 Å². The van der Waals surface area contributed by atoms with Crippen molar-refractivity contribution >= 4 is 0 Å². The van der Waals surface area contributed by atoms with E-state index < -0.39 is 0 Å². The Bertz CT molecular complexity index is 500. The predicted molar refractivity (Wildman–Crippen MR) is 92.2 cm³/mol. The van der Waals surface area contributed by atoms with Gasteiger partial charge in [0.25, 0.3) is 0 Å². The molecule has 0 N–H and O–H groups in total. The molecule has 1 aromatic heterocycles. The molecule has 0 spiro atoms. The van der Waals surface area contributed by atoms with Crippen molar-refractivity contribution in [1.82, 2.24) is 15.0 Å². The number of pyridine rings is 1. The van der Waals surface area contributed by atoms with Crippen molar-refractivity contribution in [1.29, 1.82) is 0 Å². The van der Waals surface area contributed by atoms with Crippen LogP contribution in [0.4, 0.5) is 0 Å². The molecule has 0 aromatic carbocycles. The Balaban J connectivity index is 1.46. The summed E-state index contributed by atoms with van der Waals surface area (Å²) >= 11 is 0. The number of piperidine rings is 2.